The molecular weight excluding hydrogens is 208 g/mol. The van der Waals surface area contributed by atoms with Crippen molar-refractivity contribution in [1.82, 2.24) is 9.55 Å². The minimum absolute atomic E-state index is 0.186. The molecule has 1 heterocycles. The number of hydrogen-bond donors (Lipinski definition) is 0. The molecule has 1 aromatic heterocycles. The zero-order valence-corrected chi connectivity index (χ0v) is 10.2. The lowest BCUT2D eigenvalue weighted by Crippen LogP contribution is -2.16. The molecule has 1 rings (SSSR count). The molecule has 0 amide bonds. The Morgan fingerprint density at radius 1 is 1.56 bits per heavy atom. The third kappa shape index (κ3) is 3.06. The zero-order chi connectivity index (χ0) is 12.1. The maximum absolute atomic E-state index is 11.4. The third-order valence-electron chi connectivity index (χ3n) is 2.22. The number of esters is 1. The van der Waals surface area contributed by atoms with Crippen LogP contribution in [0.25, 0.3) is 0 Å². The molecule has 1 aromatic rings. The lowest BCUT2D eigenvalue weighted by molar-refractivity contribution is 0.0569. The molecule has 16 heavy (non-hydrogen) atoms. The van der Waals surface area contributed by atoms with Crippen molar-refractivity contribution in [2.24, 2.45) is 0 Å². The number of hydrogen-bond acceptors (Lipinski definition) is 4. The normalized spacial score (nSPS) is 10.8. The average Bonchev–Trinajstić information content (AvgIpc) is 2.59. The summed E-state index contributed by atoms with van der Waals surface area (Å²) in [5.41, 5.74) is 0.465. The van der Waals surface area contributed by atoms with Gasteiger partial charge >= 0.3 is 5.97 Å². The summed E-state index contributed by atoms with van der Waals surface area (Å²) in [4.78, 5) is 15.5. The molecule has 0 bridgehead atoms. The van der Waals surface area contributed by atoms with E-state index in [2.05, 4.69) is 9.72 Å². The summed E-state index contributed by atoms with van der Waals surface area (Å²) < 4.78 is 11.9. The van der Waals surface area contributed by atoms with Crippen molar-refractivity contribution in [3.05, 3.63) is 17.7 Å². The molecule has 0 spiro atoms. The Morgan fingerprint density at radius 2 is 2.25 bits per heavy atom. The van der Waals surface area contributed by atoms with Crippen LogP contribution in [0.5, 0.6) is 0 Å². The maximum atomic E-state index is 11.4. The summed E-state index contributed by atoms with van der Waals surface area (Å²) in [7, 11) is 1.36. The number of rotatable bonds is 5. The molecule has 0 aromatic carbocycles. The molecule has 0 aliphatic rings. The van der Waals surface area contributed by atoms with Crippen LogP contribution in [0, 0.1) is 6.92 Å². The first-order valence-electron chi connectivity index (χ1n) is 5.28. The largest absolute Gasteiger partial charge is 0.464 e. The first-order chi connectivity index (χ1) is 7.56. The number of imidazole rings is 1. The van der Waals surface area contributed by atoms with Crippen LogP contribution in [0.3, 0.4) is 0 Å². The van der Waals surface area contributed by atoms with Crippen molar-refractivity contribution in [3.63, 3.8) is 0 Å². The van der Waals surface area contributed by atoms with Crippen LogP contribution in [0.4, 0.5) is 0 Å². The number of methoxy groups -OCH3 is 1. The van der Waals surface area contributed by atoms with Gasteiger partial charge in [0.1, 0.15) is 11.5 Å². The van der Waals surface area contributed by atoms with E-state index in [0.717, 1.165) is 5.82 Å². The summed E-state index contributed by atoms with van der Waals surface area (Å²) in [6.07, 6.45) is 1.71. The first kappa shape index (κ1) is 12.7. The van der Waals surface area contributed by atoms with Crippen molar-refractivity contribution < 1.29 is 14.3 Å². The van der Waals surface area contributed by atoms with Crippen LogP contribution in [-0.2, 0) is 16.0 Å². The third-order valence-corrected chi connectivity index (χ3v) is 2.22. The average molecular weight is 226 g/mol. The Kier molecular flexibility index (Phi) is 4.49. The van der Waals surface area contributed by atoms with E-state index in [1.165, 1.54) is 13.3 Å². The van der Waals surface area contributed by atoms with Gasteiger partial charge in [-0.1, -0.05) is 0 Å². The number of nitrogens with zero attached hydrogens (tertiary/aromatic N) is 2. The van der Waals surface area contributed by atoms with Crippen LogP contribution in [-0.4, -0.2) is 35.3 Å². The summed E-state index contributed by atoms with van der Waals surface area (Å²) in [6, 6.07) is 0. The van der Waals surface area contributed by atoms with Gasteiger partial charge in [0, 0.05) is 6.54 Å². The predicted octanol–water partition coefficient (Wildman–Crippen LogP) is 1.40. The quantitative estimate of drug-likeness (QED) is 0.712. The molecule has 0 aliphatic carbocycles. The molecule has 0 atom stereocenters. The Balaban J connectivity index is 2.70. The Morgan fingerprint density at radius 3 is 2.81 bits per heavy atom. The van der Waals surface area contributed by atoms with Gasteiger partial charge < -0.3 is 14.0 Å². The first-order valence-corrected chi connectivity index (χ1v) is 5.28. The highest BCUT2D eigenvalue weighted by Gasteiger charge is 2.14. The molecule has 0 saturated heterocycles. The van der Waals surface area contributed by atoms with Crippen molar-refractivity contribution in [1.29, 1.82) is 0 Å². The van der Waals surface area contributed by atoms with Gasteiger partial charge in [0.05, 0.1) is 26.0 Å². The highest BCUT2D eigenvalue weighted by molar-refractivity contribution is 5.87. The minimum Gasteiger partial charge on any atom is -0.464 e. The van der Waals surface area contributed by atoms with Crippen LogP contribution in [0.15, 0.2) is 6.20 Å². The van der Waals surface area contributed by atoms with E-state index in [0.29, 0.717) is 18.8 Å². The van der Waals surface area contributed by atoms with Crippen molar-refractivity contribution in [2.75, 3.05) is 13.7 Å². The Bertz CT molecular complexity index is 358. The number of carbonyl (C=O) groups excluding carboxylic acids is 1. The topological polar surface area (TPSA) is 53.3 Å². The monoisotopic (exact) mass is 226 g/mol. The lowest BCUT2D eigenvalue weighted by Gasteiger charge is -2.11. The molecule has 0 fully saturated rings. The number of aryl methyl sites for hydroxylation is 1. The summed E-state index contributed by atoms with van der Waals surface area (Å²) >= 11 is 0. The number of ether oxygens (including phenoxy) is 2. The van der Waals surface area contributed by atoms with Gasteiger partial charge in [-0.15, -0.1) is 0 Å². The second-order valence-corrected chi connectivity index (χ2v) is 3.75. The molecule has 0 N–H and O–H groups in total. The van der Waals surface area contributed by atoms with E-state index < -0.39 is 0 Å². The molecule has 5 nitrogen and oxygen atoms in total. The van der Waals surface area contributed by atoms with E-state index in [4.69, 9.17) is 4.74 Å². The van der Waals surface area contributed by atoms with Gasteiger partial charge in [0.15, 0.2) is 0 Å². The van der Waals surface area contributed by atoms with Crippen LogP contribution < -0.4 is 0 Å². The van der Waals surface area contributed by atoms with E-state index in [1.54, 1.807) is 4.57 Å². The molecule has 0 unspecified atom stereocenters. The fourth-order valence-corrected chi connectivity index (χ4v) is 1.40. The smallest absolute Gasteiger partial charge is 0.356 e. The van der Waals surface area contributed by atoms with E-state index >= 15 is 0 Å². The molecular formula is C11H18N2O3. The van der Waals surface area contributed by atoms with Gasteiger partial charge in [-0.05, 0) is 20.8 Å². The van der Waals surface area contributed by atoms with Gasteiger partial charge in [-0.3, -0.25) is 0 Å². The van der Waals surface area contributed by atoms with E-state index in [1.807, 2.05) is 20.8 Å². The van der Waals surface area contributed by atoms with Gasteiger partial charge in [-0.2, -0.15) is 0 Å². The fraction of sp³-hybridized carbons (Fsp3) is 0.636. The summed E-state index contributed by atoms with van der Waals surface area (Å²) in [5.74, 6) is 0.415. The van der Waals surface area contributed by atoms with Gasteiger partial charge in [0.2, 0.25) is 0 Å². The second kappa shape index (κ2) is 5.65. The SMILES string of the molecule is COC(=O)c1cnc(C)n1CCOC(C)C. The number of aromatic nitrogens is 2. The highest BCUT2D eigenvalue weighted by atomic mass is 16.5. The highest BCUT2D eigenvalue weighted by Crippen LogP contribution is 2.06. The standard InChI is InChI=1S/C11H18N2O3/c1-8(2)16-6-5-13-9(3)12-7-10(13)11(14)15-4/h7-8H,5-6H2,1-4H3. The van der Waals surface area contributed by atoms with Gasteiger partial charge in [0.25, 0.3) is 0 Å². The Labute approximate surface area is 95.4 Å². The van der Waals surface area contributed by atoms with E-state index in [9.17, 15) is 4.79 Å². The van der Waals surface area contributed by atoms with Gasteiger partial charge in [-0.25, -0.2) is 9.78 Å². The van der Waals surface area contributed by atoms with Crippen molar-refractivity contribution in [2.45, 2.75) is 33.4 Å². The van der Waals surface area contributed by atoms with Crippen molar-refractivity contribution in [3.8, 4) is 0 Å². The number of carbonyl (C=O) groups is 1. The lowest BCUT2D eigenvalue weighted by atomic mass is 10.4. The molecule has 0 radical (unpaired) electrons. The second-order valence-electron chi connectivity index (χ2n) is 3.75. The van der Waals surface area contributed by atoms with E-state index in [-0.39, 0.29) is 12.1 Å². The minimum atomic E-state index is -0.370. The van der Waals surface area contributed by atoms with Crippen molar-refractivity contribution >= 4 is 5.97 Å². The predicted molar refractivity (Wildman–Crippen MR) is 59.4 cm³/mol. The molecule has 0 saturated carbocycles. The summed E-state index contributed by atoms with van der Waals surface area (Å²) in [6.45, 7) is 6.96. The fourth-order valence-electron chi connectivity index (χ4n) is 1.40. The molecule has 5 heteroatoms. The van der Waals surface area contributed by atoms with Crippen LogP contribution >= 0.6 is 0 Å². The van der Waals surface area contributed by atoms with Crippen LogP contribution in [0.2, 0.25) is 0 Å². The molecule has 0 aliphatic heterocycles. The summed E-state index contributed by atoms with van der Waals surface area (Å²) in [5, 5.41) is 0. The Hall–Kier alpha value is -1.36. The van der Waals surface area contributed by atoms with Crippen LogP contribution in [0.1, 0.15) is 30.2 Å². The molecule has 90 valence electrons. The maximum Gasteiger partial charge on any atom is 0.356 e. The zero-order valence-electron chi connectivity index (χ0n) is 10.2.